The van der Waals surface area contributed by atoms with Crippen LogP contribution in [0, 0.1) is 6.92 Å². The van der Waals surface area contributed by atoms with E-state index in [1.165, 1.54) is 6.92 Å². The summed E-state index contributed by atoms with van der Waals surface area (Å²) in [6, 6.07) is 3.98. The Labute approximate surface area is 108 Å². The lowest BCUT2D eigenvalue weighted by Crippen LogP contribution is -2.26. The Bertz CT molecular complexity index is 490. The molecule has 0 unspecified atom stereocenters. The van der Waals surface area contributed by atoms with Gasteiger partial charge < -0.3 is 5.32 Å². The van der Waals surface area contributed by atoms with Gasteiger partial charge in [-0.2, -0.15) is 0 Å². The van der Waals surface area contributed by atoms with E-state index >= 15 is 0 Å². The van der Waals surface area contributed by atoms with Crippen LogP contribution in [0.1, 0.15) is 32.0 Å². The first-order chi connectivity index (χ1) is 8.65. The number of aryl methyl sites for hydroxylation is 1. The van der Waals surface area contributed by atoms with Gasteiger partial charge in [0.05, 0.1) is 0 Å². The maximum absolute atomic E-state index is 11.0. The van der Waals surface area contributed by atoms with E-state index in [1.54, 1.807) is 6.08 Å². The summed E-state index contributed by atoms with van der Waals surface area (Å²) in [5.74, 6) is 1.11. The van der Waals surface area contributed by atoms with Crippen LogP contribution >= 0.6 is 0 Å². The normalized spacial score (nSPS) is 12.6. The molecule has 0 saturated heterocycles. The number of carbonyl (C=O) groups is 1. The predicted molar refractivity (Wildman–Crippen MR) is 74.1 cm³/mol. The fraction of sp³-hybridized carbons (Fsp3) is 0.357. The van der Waals surface area contributed by atoms with Crippen LogP contribution < -0.4 is 5.32 Å². The van der Waals surface area contributed by atoms with Crippen LogP contribution in [0.25, 0.3) is 0 Å². The first-order valence-electron chi connectivity index (χ1n) is 6.14. The van der Waals surface area contributed by atoms with Crippen LogP contribution in [0.2, 0.25) is 0 Å². The van der Waals surface area contributed by atoms with E-state index in [9.17, 15) is 4.79 Å². The molecule has 0 fully saturated rings. The second-order valence-corrected chi connectivity index (χ2v) is 3.72. The van der Waals surface area contributed by atoms with Crippen LogP contribution in [0.4, 0.5) is 5.82 Å². The van der Waals surface area contributed by atoms with E-state index in [0.29, 0.717) is 11.7 Å². The number of aromatic nitrogens is 1. The fourth-order valence-corrected chi connectivity index (χ4v) is 1.53. The quantitative estimate of drug-likeness (QED) is 0.764. The summed E-state index contributed by atoms with van der Waals surface area (Å²) in [5.41, 5.74) is 1.99. The molecule has 4 nitrogen and oxygen atoms in total. The molecule has 4 heteroatoms. The van der Waals surface area contributed by atoms with E-state index < -0.39 is 0 Å². The third-order valence-corrected chi connectivity index (χ3v) is 2.24. The molecule has 2 rings (SSSR count). The van der Waals surface area contributed by atoms with Crippen LogP contribution in [-0.2, 0) is 11.2 Å². The van der Waals surface area contributed by atoms with E-state index in [1.807, 2.05) is 39.0 Å². The topological polar surface area (TPSA) is 54.4 Å². The fourth-order valence-electron chi connectivity index (χ4n) is 1.53. The van der Waals surface area contributed by atoms with Crippen molar-refractivity contribution in [2.75, 3.05) is 0 Å². The van der Waals surface area contributed by atoms with Gasteiger partial charge in [-0.1, -0.05) is 26.0 Å². The van der Waals surface area contributed by atoms with Gasteiger partial charge in [-0.05, 0) is 25.5 Å². The zero-order valence-electron chi connectivity index (χ0n) is 11.3. The van der Waals surface area contributed by atoms with Crippen molar-refractivity contribution in [3.05, 3.63) is 35.5 Å². The first kappa shape index (κ1) is 14.1. The van der Waals surface area contributed by atoms with Crippen molar-refractivity contribution in [1.29, 1.82) is 0 Å². The third-order valence-electron chi connectivity index (χ3n) is 2.24. The molecule has 1 aliphatic heterocycles. The maximum atomic E-state index is 11.0. The van der Waals surface area contributed by atoms with Gasteiger partial charge in [-0.3, -0.25) is 4.79 Å². The Morgan fingerprint density at radius 3 is 2.72 bits per heavy atom. The number of hydrogen-bond donors (Lipinski definition) is 1. The predicted octanol–water partition coefficient (Wildman–Crippen LogP) is 2.69. The standard InChI is InChI=1S/C12H13N3O.C2H6/c1-8-6-7-10-4-3-5-11(14-9(2)16)15-12(10)13-8;1-2/h3,5-7H,4H2,1-2H3,(H,13,14,15,16);1-2H3. The molecule has 1 aliphatic rings. The van der Waals surface area contributed by atoms with Crippen molar-refractivity contribution in [2.45, 2.75) is 34.1 Å². The number of aliphatic imine (C=N–C) groups is 1. The summed E-state index contributed by atoms with van der Waals surface area (Å²) in [7, 11) is 0. The Hall–Kier alpha value is -1.97. The molecule has 1 aromatic rings. The van der Waals surface area contributed by atoms with Crippen molar-refractivity contribution < 1.29 is 4.79 Å². The summed E-state index contributed by atoms with van der Waals surface area (Å²) in [4.78, 5) is 19.6. The minimum Gasteiger partial charge on any atom is -0.311 e. The average molecular weight is 245 g/mol. The van der Waals surface area contributed by atoms with Crippen molar-refractivity contribution in [3.63, 3.8) is 0 Å². The number of allylic oxidation sites excluding steroid dienone is 1. The van der Waals surface area contributed by atoms with Crippen molar-refractivity contribution >= 4 is 17.6 Å². The van der Waals surface area contributed by atoms with Crippen molar-refractivity contribution in [2.24, 2.45) is 4.99 Å². The van der Waals surface area contributed by atoms with Gasteiger partial charge in [0.1, 0.15) is 5.84 Å². The molecule has 1 amide bonds. The SMILES string of the molecule is CC.CC(=O)NC1=Nc2nc(C)ccc2CC=C1. The smallest absolute Gasteiger partial charge is 0.222 e. The molecule has 0 spiro atoms. The van der Waals surface area contributed by atoms with E-state index in [4.69, 9.17) is 0 Å². The minimum atomic E-state index is -0.125. The Balaban J connectivity index is 0.000000771. The number of carbonyl (C=O) groups excluding carboxylic acids is 1. The molecule has 18 heavy (non-hydrogen) atoms. The van der Waals surface area contributed by atoms with Crippen LogP contribution in [0.5, 0.6) is 0 Å². The molecule has 0 atom stereocenters. The van der Waals surface area contributed by atoms with Gasteiger partial charge in [-0.15, -0.1) is 0 Å². The highest BCUT2D eigenvalue weighted by Gasteiger charge is 2.08. The van der Waals surface area contributed by atoms with Gasteiger partial charge in [0, 0.05) is 18.2 Å². The highest BCUT2D eigenvalue weighted by Crippen LogP contribution is 2.20. The summed E-state index contributed by atoms with van der Waals surface area (Å²) >= 11 is 0. The van der Waals surface area contributed by atoms with Gasteiger partial charge in [-0.25, -0.2) is 9.98 Å². The molecule has 0 bridgehead atoms. The molecule has 96 valence electrons. The lowest BCUT2D eigenvalue weighted by Gasteiger charge is -2.03. The minimum absolute atomic E-state index is 0.125. The molecular formula is C14H19N3O. The van der Waals surface area contributed by atoms with Crippen molar-refractivity contribution in [1.82, 2.24) is 10.3 Å². The van der Waals surface area contributed by atoms with Crippen LogP contribution in [0.3, 0.4) is 0 Å². The second kappa shape index (κ2) is 6.69. The summed E-state index contributed by atoms with van der Waals surface area (Å²) in [6.45, 7) is 7.39. The molecule has 0 saturated carbocycles. The Morgan fingerprint density at radius 1 is 1.33 bits per heavy atom. The highest BCUT2D eigenvalue weighted by atomic mass is 16.1. The second-order valence-electron chi connectivity index (χ2n) is 3.72. The first-order valence-corrected chi connectivity index (χ1v) is 6.14. The number of rotatable bonds is 0. The van der Waals surface area contributed by atoms with Crippen molar-refractivity contribution in [3.8, 4) is 0 Å². The number of hydrogen-bond acceptors (Lipinski definition) is 3. The number of fused-ring (bicyclic) bond motifs is 1. The van der Waals surface area contributed by atoms with E-state index in [0.717, 1.165) is 17.7 Å². The molecule has 0 radical (unpaired) electrons. The lowest BCUT2D eigenvalue weighted by atomic mass is 10.2. The summed E-state index contributed by atoms with van der Waals surface area (Å²) < 4.78 is 0. The number of nitrogens with one attached hydrogen (secondary N) is 1. The van der Waals surface area contributed by atoms with Crippen LogP contribution in [-0.4, -0.2) is 16.7 Å². The Morgan fingerprint density at radius 2 is 2.06 bits per heavy atom. The molecule has 0 aromatic carbocycles. The van der Waals surface area contributed by atoms with Crippen LogP contribution in [0.15, 0.2) is 29.3 Å². The molecule has 1 aromatic heterocycles. The average Bonchev–Trinajstić information content (AvgIpc) is 2.52. The molecule has 0 aliphatic carbocycles. The van der Waals surface area contributed by atoms with Gasteiger partial charge >= 0.3 is 0 Å². The maximum Gasteiger partial charge on any atom is 0.222 e. The van der Waals surface area contributed by atoms with Gasteiger partial charge in [0.2, 0.25) is 5.91 Å². The molecule has 2 heterocycles. The molecule has 1 N–H and O–H groups in total. The number of amides is 1. The van der Waals surface area contributed by atoms with Gasteiger partial charge in [0.25, 0.3) is 0 Å². The summed E-state index contributed by atoms with van der Waals surface area (Å²) in [6.07, 6.45) is 4.56. The zero-order chi connectivity index (χ0) is 13.5. The Kier molecular flexibility index (Phi) is 5.24. The third kappa shape index (κ3) is 3.80. The zero-order valence-corrected chi connectivity index (χ0v) is 11.3. The number of nitrogens with zero attached hydrogens (tertiary/aromatic N) is 2. The number of amidine groups is 1. The highest BCUT2D eigenvalue weighted by molar-refractivity contribution is 6.04. The monoisotopic (exact) mass is 245 g/mol. The lowest BCUT2D eigenvalue weighted by molar-refractivity contribution is -0.117. The summed E-state index contributed by atoms with van der Waals surface area (Å²) in [5, 5.41) is 2.67. The van der Waals surface area contributed by atoms with E-state index in [-0.39, 0.29) is 5.91 Å². The van der Waals surface area contributed by atoms with Gasteiger partial charge in [0.15, 0.2) is 5.82 Å². The molecular weight excluding hydrogens is 226 g/mol. The van der Waals surface area contributed by atoms with E-state index in [2.05, 4.69) is 15.3 Å². The number of pyridine rings is 1. The largest absolute Gasteiger partial charge is 0.311 e.